The first-order chi connectivity index (χ1) is 5.50. The van der Waals surface area contributed by atoms with Crippen LogP contribution in [0.25, 0.3) is 0 Å². The first kappa shape index (κ1) is 8.55. The quantitative estimate of drug-likeness (QED) is 0.638. The van der Waals surface area contributed by atoms with Crippen molar-refractivity contribution in [2.75, 3.05) is 0 Å². The lowest BCUT2D eigenvalue weighted by molar-refractivity contribution is -0.202. The summed E-state index contributed by atoms with van der Waals surface area (Å²) in [4.78, 5) is 0. The lowest BCUT2D eigenvalue weighted by Gasteiger charge is -2.63. The van der Waals surface area contributed by atoms with Gasteiger partial charge in [0.2, 0.25) is 0 Å². The topological polar surface area (TPSA) is 20.2 Å². The highest BCUT2D eigenvalue weighted by molar-refractivity contribution is 5.09. The van der Waals surface area contributed by atoms with Gasteiger partial charge in [-0.05, 0) is 42.9 Å². The molecule has 2 bridgehead atoms. The van der Waals surface area contributed by atoms with Crippen LogP contribution in [-0.2, 0) is 0 Å². The van der Waals surface area contributed by atoms with Gasteiger partial charge >= 0.3 is 0 Å². The molecule has 0 aromatic carbocycles. The number of fused-ring (bicyclic) bond motifs is 2. The van der Waals surface area contributed by atoms with Gasteiger partial charge in [-0.2, -0.15) is 0 Å². The third-order valence-corrected chi connectivity index (χ3v) is 4.66. The summed E-state index contributed by atoms with van der Waals surface area (Å²) in [6.07, 6.45) is 4.50. The lowest BCUT2D eigenvalue weighted by atomic mass is 9.44. The molecule has 3 saturated carbocycles. The van der Waals surface area contributed by atoms with Crippen molar-refractivity contribution >= 4 is 0 Å². The fraction of sp³-hybridized carbons (Fsp3) is 1.00. The van der Waals surface area contributed by atoms with E-state index in [0.717, 1.165) is 18.8 Å². The smallest absolute Gasteiger partial charge is 0.0678 e. The Bertz CT molecular complexity index is 195. The van der Waals surface area contributed by atoms with E-state index >= 15 is 0 Å². The highest BCUT2D eigenvalue weighted by Gasteiger charge is 2.59. The highest BCUT2D eigenvalue weighted by Crippen LogP contribution is 2.63. The third kappa shape index (κ3) is 0.834. The third-order valence-electron chi connectivity index (χ3n) is 4.66. The molecule has 12 heavy (non-hydrogen) atoms. The monoisotopic (exact) mass is 168 g/mol. The van der Waals surface area contributed by atoms with Crippen LogP contribution in [0.1, 0.15) is 46.5 Å². The molecule has 1 heteroatoms. The van der Waals surface area contributed by atoms with E-state index in [1.165, 1.54) is 12.8 Å². The first-order valence-electron chi connectivity index (χ1n) is 5.23. The molecule has 0 unspecified atom stereocenters. The zero-order valence-electron chi connectivity index (χ0n) is 8.43. The Morgan fingerprint density at radius 2 is 2.08 bits per heavy atom. The molecule has 0 saturated heterocycles. The average molecular weight is 168 g/mol. The molecule has 3 rings (SSSR count). The summed E-state index contributed by atoms with van der Waals surface area (Å²) < 4.78 is 0. The van der Waals surface area contributed by atoms with Crippen molar-refractivity contribution in [2.45, 2.75) is 52.1 Å². The van der Waals surface area contributed by atoms with E-state index in [-0.39, 0.29) is 5.60 Å². The van der Waals surface area contributed by atoms with Crippen LogP contribution in [0.15, 0.2) is 0 Å². The maximum Gasteiger partial charge on any atom is 0.0678 e. The number of hydrogen-bond acceptors (Lipinski definition) is 1. The van der Waals surface area contributed by atoms with Crippen LogP contribution in [0.3, 0.4) is 0 Å². The Morgan fingerprint density at radius 1 is 1.42 bits per heavy atom. The van der Waals surface area contributed by atoms with Crippen molar-refractivity contribution in [1.82, 2.24) is 0 Å². The summed E-state index contributed by atoms with van der Waals surface area (Å²) in [6, 6.07) is 0. The summed E-state index contributed by atoms with van der Waals surface area (Å²) in [5.41, 5.74) is 0.0985. The highest BCUT2D eigenvalue weighted by atomic mass is 16.3. The Balaban J connectivity index is 2.21. The van der Waals surface area contributed by atoms with Gasteiger partial charge in [-0.3, -0.25) is 0 Å². The van der Waals surface area contributed by atoms with Gasteiger partial charge in [-0.15, -0.1) is 0 Å². The van der Waals surface area contributed by atoms with E-state index in [1.807, 2.05) is 0 Å². The molecule has 3 aliphatic rings. The van der Waals surface area contributed by atoms with Crippen molar-refractivity contribution in [2.24, 2.45) is 17.3 Å². The summed E-state index contributed by atoms with van der Waals surface area (Å²) >= 11 is 0. The van der Waals surface area contributed by atoms with Crippen LogP contribution in [-0.4, -0.2) is 10.7 Å². The molecule has 1 nitrogen and oxygen atoms in total. The molecular weight excluding hydrogens is 148 g/mol. The molecule has 0 radical (unpaired) electrons. The van der Waals surface area contributed by atoms with Gasteiger partial charge in [0.25, 0.3) is 0 Å². The van der Waals surface area contributed by atoms with E-state index in [2.05, 4.69) is 20.8 Å². The molecule has 0 aromatic heterocycles. The van der Waals surface area contributed by atoms with Crippen molar-refractivity contribution in [3.05, 3.63) is 0 Å². The van der Waals surface area contributed by atoms with Gasteiger partial charge in [0.1, 0.15) is 0 Å². The van der Waals surface area contributed by atoms with Crippen molar-refractivity contribution in [3.63, 3.8) is 0 Å². The standard InChI is InChI=1S/C11H20O/c1-4-11(12)6-5-8-7-9(11)10(8,2)3/h8-9,12H,4-7H2,1-3H3/t8-,9+,11+/m0/s1. The molecule has 3 aliphatic carbocycles. The van der Waals surface area contributed by atoms with Gasteiger partial charge in [0.05, 0.1) is 5.60 Å². The number of rotatable bonds is 1. The van der Waals surface area contributed by atoms with Crippen molar-refractivity contribution in [1.29, 1.82) is 0 Å². The zero-order chi connectivity index (χ0) is 8.98. The van der Waals surface area contributed by atoms with E-state index in [0.29, 0.717) is 11.3 Å². The van der Waals surface area contributed by atoms with Gasteiger partial charge in [-0.25, -0.2) is 0 Å². The SMILES string of the molecule is CC[C@@]1(O)CC[C@H]2C[C@@H]1C2(C)C. The van der Waals surface area contributed by atoms with Crippen LogP contribution in [0.4, 0.5) is 0 Å². The molecule has 0 aromatic rings. The molecular formula is C11H20O. The average Bonchev–Trinajstić information content (AvgIpc) is 2.04. The van der Waals surface area contributed by atoms with Crippen LogP contribution >= 0.6 is 0 Å². The predicted molar refractivity (Wildman–Crippen MR) is 49.9 cm³/mol. The van der Waals surface area contributed by atoms with Crippen molar-refractivity contribution in [3.8, 4) is 0 Å². The number of hydrogen-bond donors (Lipinski definition) is 1. The Hall–Kier alpha value is -0.0400. The van der Waals surface area contributed by atoms with Crippen LogP contribution in [0.2, 0.25) is 0 Å². The summed E-state index contributed by atoms with van der Waals surface area (Å²) in [7, 11) is 0. The second kappa shape index (κ2) is 2.25. The Labute approximate surface area is 75.2 Å². The maximum atomic E-state index is 10.3. The van der Waals surface area contributed by atoms with Crippen LogP contribution in [0.5, 0.6) is 0 Å². The fourth-order valence-electron chi connectivity index (χ4n) is 3.44. The second-order valence-corrected chi connectivity index (χ2v) is 5.30. The molecule has 3 fully saturated rings. The Kier molecular flexibility index (Phi) is 1.61. The predicted octanol–water partition coefficient (Wildman–Crippen LogP) is 2.58. The first-order valence-corrected chi connectivity index (χ1v) is 5.23. The fourth-order valence-corrected chi connectivity index (χ4v) is 3.44. The molecule has 0 amide bonds. The lowest BCUT2D eigenvalue weighted by Crippen LogP contribution is -2.61. The maximum absolute atomic E-state index is 10.3. The molecule has 1 N–H and O–H groups in total. The normalized spacial score (nSPS) is 50.0. The summed E-state index contributed by atoms with van der Waals surface area (Å²) in [5.74, 6) is 1.48. The zero-order valence-corrected chi connectivity index (χ0v) is 8.43. The van der Waals surface area contributed by atoms with E-state index in [9.17, 15) is 5.11 Å². The minimum absolute atomic E-state index is 0.321. The molecule has 0 heterocycles. The molecule has 3 atom stereocenters. The van der Waals surface area contributed by atoms with Gasteiger partial charge in [0.15, 0.2) is 0 Å². The summed E-state index contributed by atoms with van der Waals surface area (Å²) in [6.45, 7) is 6.77. The summed E-state index contributed by atoms with van der Waals surface area (Å²) in [5, 5.41) is 10.3. The van der Waals surface area contributed by atoms with E-state index in [1.54, 1.807) is 0 Å². The second-order valence-electron chi connectivity index (χ2n) is 5.30. The minimum atomic E-state index is -0.321. The largest absolute Gasteiger partial charge is 0.390 e. The van der Waals surface area contributed by atoms with Crippen molar-refractivity contribution < 1.29 is 5.11 Å². The molecule has 70 valence electrons. The van der Waals surface area contributed by atoms with E-state index < -0.39 is 0 Å². The van der Waals surface area contributed by atoms with Gasteiger partial charge in [0, 0.05) is 0 Å². The van der Waals surface area contributed by atoms with Crippen LogP contribution in [0, 0.1) is 17.3 Å². The van der Waals surface area contributed by atoms with Gasteiger partial charge < -0.3 is 5.11 Å². The Morgan fingerprint density at radius 3 is 2.42 bits per heavy atom. The molecule has 0 aliphatic heterocycles. The molecule has 0 spiro atoms. The van der Waals surface area contributed by atoms with Crippen LogP contribution < -0.4 is 0 Å². The minimum Gasteiger partial charge on any atom is -0.390 e. The van der Waals surface area contributed by atoms with Gasteiger partial charge in [-0.1, -0.05) is 20.8 Å². The number of aliphatic hydroxyl groups is 1. The van der Waals surface area contributed by atoms with E-state index in [4.69, 9.17) is 0 Å².